The summed E-state index contributed by atoms with van der Waals surface area (Å²) in [5, 5.41) is 12.5. The molecule has 0 spiro atoms. The SMILES string of the molecule is Cc1ccc(C)c(NC(=O)C(c2ccccc2)N2C[C@@H](C)[C@H](C(=O)O)C2)c1. The summed E-state index contributed by atoms with van der Waals surface area (Å²) in [6.07, 6.45) is 0. The van der Waals surface area contributed by atoms with Crippen LogP contribution in [0.3, 0.4) is 0 Å². The van der Waals surface area contributed by atoms with E-state index in [1.165, 1.54) is 0 Å². The van der Waals surface area contributed by atoms with E-state index in [4.69, 9.17) is 0 Å². The minimum Gasteiger partial charge on any atom is -0.481 e. The number of carboxylic acid groups (broad SMARTS) is 1. The van der Waals surface area contributed by atoms with Gasteiger partial charge in [0.2, 0.25) is 5.91 Å². The summed E-state index contributed by atoms with van der Waals surface area (Å²) >= 11 is 0. The number of amides is 1. The van der Waals surface area contributed by atoms with Crippen molar-refractivity contribution in [2.45, 2.75) is 26.8 Å². The van der Waals surface area contributed by atoms with Gasteiger partial charge in [-0.1, -0.05) is 49.4 Å². The maximum Gasteiger partial charge on any atom is 0.308 e. The Bertz CT molecular complexity index is 835. The summed E-state index contributed by atoms with van der Waals surface area (Å²) in [5.74, 6) is -1.38. The van der Waals surface area contributed by atoms with Gasteiger partial charge in [0.25, 0.3) is 0 Å². The first kappa shape index (κ1) is 19.1. The maximum atomic E-state index is 13.2. The molecule has 3 atom stereocenters. The van der Waals surface area contributed by atoms with E-state index in [0.717, 1.165) is 22.4 Å². The summed E-state index contributed by atoms with van der Waals surface area (Å²) in [4.78, 5) is 26.8. The number of rotatable bonds is 5. The molecule has 0 radical (unpaired) electrons. The summed E-state index contributed by atoms with van der Waals surface area (Å²) in [7, 11) is 0. The van der Waals surface area contributed by atoms with Crippen LogP contribution in [0.1, 0.15) is 29.7 Å². The molecule has 0 aromatic heterocycles. The van der Waals surface area contributed by atoms with Gasteiger partial charge in [0.1, 0.15) is 6.04 Å². The average Bonchev–Trinajstić information content (AvgIpc) is 3.01. The summed E-state index contributed by atoms with van der Waals surface area (Å²) in [6.45, 7) is 6.84. The van der Waals surface area contributed by atoms with Gasteiger partial charge in [-0.25, -0.2) is 0 Å². The van der Waals surface area contributed by atoms with Gasteiger partial charge in [-0.05, 0) is 42.5 Å². The normalized spacial score (nSPS) is 21.0. The first-order valence-electron chi connectivity index (χ1n) is 9.26. The number of nitrogens with one attached hydrogen (secondary N) is 1. The van der Waals surface area contributed by atoms with Crippen LogP contribution < -0.4 is 5.32 Å². The fourth-order valence-corrected chi connectivity index (χ4v) is 3.77. The van der Waals surface area contributed by atoms with Crippen LogP contribution >= 0.6 is 0 Å². The summed E-state index contributed by atoms with van der Waals surface area (Å²) < 4.78 is 0. The molecule has 5 nitrogen and oxygen atoms in total. The van der Waals surface area contributed by atoms with Gasteiger partial charge in [0, 0.05) is 18.8 Å². The number of anilines is 1. The lowest BCUT2D eigenvalue weighted by Crippen LogP contribution is -2.36. The van der Waals surface area contributed by atoms with E-state index in [2.05, 4.69) is 5.32 Å². The zero-order chi connectivity index (χ0) is 19.6. The third-order valence-corrected chi connectivity index (χ3v) is 5.34. The predicted molar refractivity (Wildman–Crippen MR) is 106 cm³/mol. The van der Waals surface area contributed by atoms with E-state index in [1.54, 1.807) is 0 Å². The molecule has 2 N–H and O–H groups in total. The highest BCUT2D eigenvalue weighted by atomic mass is 16.4. The fraction of sp³-hybridized carbons (Fsp3) is 0.364. The number of hydrogen-bond donors (Lipinski definition) is 2. The second-order valence-electron chi connectivity index (χ2n) is 7.50. The van der Waals surface area contributed by atoms with Gasteiger partial charge >= 0.3 is 5.97 Å². The van der Waals surface area contributed by atoms with Crippen molar-refractivity contribution in [3.8, 4) is 0 Å². The van der Waals surface area contributed by atoms with Crippen molar-refractivity contribution in [3.05, 3.63) is 65.2 Å². The first-order valence-corrected chi connectivity index (χ1v) is 9.26. The number of aryl methyl sites for hydroxylation is 2. The van der Waals surface area contributed by atoms with Crippen molar-refractivity contribution in [2.75, 3.05) is 18.4 Å². The van der Waals surface area contributed by atoms with Crippen molar-refractivity contribution in [1.29, 1.82) is 0 Å². The van der Waals surface area contributed by atoms with Gasteiger partial charge in [0.05, 0.1) is 5.92 Å². The Morgan fingerprint density at radius 3 is 2.44 bits per heavy atom. The van der Waals surface area contributed by atoms with Crippen LogP contribution in [0.15, 0.2) is 48.5 Å². The lowest BCUT2D eigenvalue weighted by Gasteiger charge is -2.27. The number of carbonyl (C=O) groups excluding carboxylic acids is 1. The number of likely N-dealkylation sites (tertiary alicyclic amines) is 1. The summed E-state index contributed by atoms with van der Waals surface area (Å²) in [6, 6.07) is 15.0. The van der Waals surface area contributed by atoms with E-state index < -0.39 is 17.9 Å². The highest BCUT2D eigenvalue weighted by Crippen LogP contribution is 2.32. The third-order valence-electron chi connectivity index (χ3n) is 5.34. The number of benzene rings is 2. The highest BCUT2D eigenvalue weighted by Gasteiger charge is 2.40. The predicted octanol–water partition coefficient (Wildman–Crippen LogP) is 3.64. The zero-order valence-corrected chi connectivity index (χ0v) is 16.0. The largest absolute Gasteiger partial charge is 0.481 e. The lowest BCUT2D eigenvalue weighted by atomic mass is 9.99. The molecule has 1 heterocycles. The van der Waals surface area contributed by atoms with Crippen molar-refractivity contribution in [2.24, 2.45) is 11.8 Å². The van der Waals surface area contributed by atoms with Crippen LogP contribution in [0.5, 0.6) is 0 Å². The number of nitrogens with zero attached hydrogens (tertiary/aromatic N) is 1. The Kier molecular flexibility index (Phi) is 5.61. The van der Waals surface area contributed by atoms with Crippen molar-refractivity contribution < 1.29 is 14.7 Å². The van der Waals surface area contributed by atoms with Crippen LogP contribution in [-0.4, -0.2) is 35.0 Å². The molecule has 5 heteroatoms. The fourth-order valence-electron chi connectivity index (χ4n) is 3.77. The van der Waals surface area contributed by atoms with E-state index in [-0.39, 0.29) is 11.8 Å². The van der Waals surface area contributed by atoms with E-state index in [0.29, 0.717) is 13.1 Å². The molecule has 1 amide bonds. The summed E-state index contributed by atoms with van der Waals surface area (Å²) in [5.41, 5.74) is 3.74. The quantitative estimate of drug-likeness (QED) is 0.848. The Morgan fingerprint density at radius 2 is 1.81 bits per heavy atom. The Balaban J connectivity index is 1.90. The standard InChI is InChI=1S/C22H26N2O3/c1-14-9-10-15(2)19(11-14)23-21(25)20(17-7-5-4-6-8-17)24-12-16(3)18(13-24)22(26)27/h4-11,16,18,20H,12-13H2,1-3H3,(H,23,25)(H,26,27)/t16-,18-,20?/m1/s1. The van der Waals surface area contributed by atoms with Crippen molar-refractivity contribution in [3.63, 3.8) is 0 Å². The number of aliphatic carboxylic acids is 1. The zero-order valence-electron chi connectivity index (χ0n) is 16.0. The van der Waals surface area contributed by atoms with Gasteiger partial charge in [-0.15, -0.1) is 0 Å². The van der Waals surface area contributed by atoms with Crippen LogP contribution in [0.25, 0.3) is 0 Å². The molecular formula is C22H26N2O3. The maximum absolute atomic E-state index is 13.2. The van der Waals surface area contributed by atoms with E-state index >= 15 is 0 Å². The Labute approximate surface area is 160 Å². The van der Waals surface area contributed by atoms with Crippen LogP contribution in [0.4, 0.5) is 5.69 Å². The van der Waals surface area contributed by atoms with Gasteiger partial charge < -0.3 is 10.4 Å². The molecule has 2 aromatic carbocycles. The molecule has 3 rings (SSSR count). The molecular weight excluding hydrogens is 340 g/mol. The second-order valence-corrected chi connectivity index (χ2v) is 7.50. The van der Waals surface area contributed by atoms with E-state index in [1.807, 2.05) is 74.2 Å². The molecule has 27 heavy (non-hydrogen) atoms. The molecule has 0 saturated carbocycles. The highest BCUT2D eigenvalue weighted by molar-refractivity contribution is 5.96. The molecule has 1 saturated heterocycles. The number of carbonyl (C=O) groups is 2. The minimum absolute atomic E-state index is 0.00205. The number of hydrogen-bond acceptors (Lipinski definition) is 3. The molecule has 0 bridgehead atoms. The molecule has 1 unspecified atom stereocenters. The Hall–Kier alpha value is -2.66. The van der Waals surface area contributed by atoms with Crippen molar-refractivity contribution in [1.82, 2.24) is 4.90 Å². The van der Waals surface area contributed by atoms with Crippen LogP contribution in [0, 0.1) is 25.7 Å². The second kappa shape index (κ2) is 7.92. The topological polar surface area (TPSA) is 69.6 Å². The molecule has 1 fully saturated rings. The Morgan fingerprint density at radius 1 is 1.11 bits per heavy atom. The lowest BCUT2D eigenvalue weighted by molar-refractivity contribution is -0.142. The van der Waals surface area contributed by atoms with Gasteiger partial charge in [-0.3, -0.25) is 14.5 Å². The molecule has 1 aliphatic heterocycles. The van der Waals surface area contributed by atoms with Crippen LogP contribution in [0.2, 0.25) is 0 Å². The molecule has 0 aliphatic carbocycles. The van der Waals surface area contributed by atoms with Crippen molar-refractivity contribution >= 4 is 17.6 Å². The third kappa shape index (κ3) is 4.19. The van der Waals surface area contributed by atoms with Gasteiger partial charge in [0.15, 0.2) is 0 Å². The average molecular weight is 366 g/mol. The van der Waals surface area contributed by atoms with E-state index in [9.17, 15) is 14.7 Å². The van der Waals surface area contributed by atoms with Crippen LogP contribution in [-0.2, 0) is 9.59 Å². The first-order chi connectivity index (χ1) is 12.9. The van der Waals surface area contributed by atoms with Gasteiger partial charge in [-0.2, -0.15) is 0 Å². The molecule has 142 valence electrons. The monoisotopic (exact) mass is 366 g/mol. The minimum atomic E-state index is -0.799. The molecule has 1 aliphatic rings. The number of carboxylic acids is 1. The molecule has 2 aromatic rings. The smallest absolute Gasteiger partial charge is 0.308 e.